The molecule has 2 atom stereocenters. The molecule has 1 aliphatic heterocycles. The van der Waals surface area contributed by atoms with Gasteiger partial charge >= 0.3 is 0 Å². The number of H-pyrrole nitrogens is 1. The number of benzene rings is 1. The fourth-order valence-electron chi connectivity index (χ4n) is 4.18. The summed E-state index contributed by atoms with van der Waals surface area (Å²) in [5.41, 5.74) is 3.81. The lowest BCUT2D eigenvalue weighted by molar-refractivity contribution is 0.355. The van der Waals surface area contributed by atoms with Crippen LogP contribution >= 0.6 is 0 Å². The second-order valence-electron chi connectivity index (χ2n) is 7.80. The van der Waals surface area contributed by atoms with Crippen LogP contribution in [0.3, 0.4) is 0 Å². The number of hydrogen-bond acceptors (Lipinski definition) is 6. The van der Waals surface area contributed by atoms with Crippen molar-refractivity contribution >= 4 is 34.0 Å². The van der Waals surface area contributed by atoms with Crippen molar-refractivity contribution in [1.82, 2.24) is 19.9 Å². The summed E-state index contributed by atoms with van der Waals surface area (Å²) in [6, 6.07) is 9.19. The topological polar surface area (TPSA) is 74.1 Å². The first kappa shape index (κ1) is 17.0. The predicted octanol–water partition coefficient (Wildman–Crippen LogP) is 3.76. The zero-order valence-corrected chi connectivity index (χ0v) is 16.4. The van der Waals surface area contributed by atoms with Crippen LogP contribution in [0.4, 0.5) is 11.8 Å². The first-order valence-electron chi connectivity index (χ1n) is 9.73. The van der Waals surface area contributed by atoms with E-state index in [9.17, 15) is 0 Å². The molecule has 0 spiro atoms. The lowest BCUT2D eigenvalue weighted by atomic mass is 9.92. The Hall–Kier alpha value is -3.09. The fraction of sp³-hybridized carbons (Fsp3) is 0.381. The van der Waals surface area contributed by atoms with E-state index in [2.05, 4.69) is 51.7 Å². The van der Waals surface area contributed by atoms with Gasteiger partial charge in [-0.1, -0.05) is 13.0 Å². The molecule has 1 saturated heterocycles. The van der Waals surface area contributed by atoms with E-state index in [-0.39, 0.29) is 0 Å². The standard InChI is InChI=1S/C21H24N6O/c1-13-4-5-16-18(10-13)28-21(25-16)27-9-7-14(2)17(11-27)26(3)20-15-6-8-22-19(15)23-12-24-20/h4-6,8,10,12,14,17H,7,9,11H2,1-3H3,(H,22,23,24). The van der Waals surface area contributed by atoms with Crippen LogP contribution in [0.5, 0.6) is 0 Å². The molecule has 0 bridgehead atoms. The molecule has 3 aromatic heterocycles. The summed E-state index contributed by atoms with van der Waals surface area (Å²) >= 11 is 0. The van der Waals surface area contributed by atoms with Crippen LogP contribution in [0.2, 0.25) is 0 Å². The van der Waals surface area contributed by atoms with Gasteiger partial charge in [0.05, 0.1) is 11.4 Å². The normalized spacial score (nSPS) is 20.2. The fourth-order valence-corrected chi connectivity index (χ4v) is 4.18. The van der Waals surface area contributed by atoms with Crippen molar-refractivity contribution in [1.29, 1.82) is 0 Å². The van der Waals surface area contributed by atoms with E-state index < -0.39 is 0 Å². The molecule has 7 heteroatoms. The lowest BCUT2D eigenvalue weighted by Gasteiger charge is -2.41. The van der Waals surface area contributed by atoms with Crippen LogP contribution in [0.1, 0.15) is 18.9 Å². The number of fused-ring (bicyclic) bond motifs is 2. The van der Waals surface area contributed by atoms with Gasteiger partial charge in [-0.25, -0.2) is 9.97 Å². The Morgan fingerprint density at radius 2 is 2.14 bits per heavy atom. The van der Waals surface area contributed by atoms with Gasteiger partial charge in [0.1, 0.15) is 23.3 Å². The van der Waals surface area contributed by atoms with Gasteiger partial charge in [-0.05, 0) is 43.0 Å². The number of likely N-dealkylation sites (N-methyl/N-ethyl adjacent to an activating group) is 1. The van der Waals surface area contributed by atoms with Gasteiger partial charge in [-0.3, -0.25) is 0 Å². The minimum absolute atomic E-state index is 0.304. The van der Waals surface area contributed by atoms with Crippen LogP contribution in [0.15, 0.2) is 41.2 Å². The maximum atomic E-state index is 6.08. The zero-order valence-electron chi connectivity index (χ0n) is 16.4. The first-order chi connectivity index (χ1) is 13.6. The molecule has 0 amide bonds. The smallest absolute Gasteiger partial charge is 0.298 e. The Morgan fingerprint density at radius 1 is 1.25 bits per heavy atom. The molecule has 0 aliphatic carbocycles. The highest BCUT2D eigenvalue weighted by Gasteiger charge is 2.32. The molecule has 0 saturated carbocycles. The number of nitrogens with one attached hydrogen (secondary N) is 1. The molecule has 28 heavy (non-hydrogen) atoms. The Labute approximate surface area is 163 Å². The monoisotopic (exact) mass is 376 g/mol. The summed E-state index contributed by atoms with van der Waals surface area (Å²) in [6.45, 7) is 6.17. The summed E-state index contributed by atoms with van der Waals surface area (Å²) in [4.78, 5) is 21.3. The highest BCUT2D eigenvalue weighted by atomic mass is 16.4. The Kier molecular flexibility index (Phi) is 3.96. The van der Waals surface area contributed by atoms with Crippen molar-refractivity contribution < 1.29 is 4.42 Å². The first-order valence-corrected chi connectivity index (χ1v) is 9.73. The van der Waals surface area contributed by atoms with Gasteiger partial charge < -0.3 is 19.2 Å². The van der Waals surface area contributed by atoms with Crippen molar-refractivity contribution in [2.45, 2.75) is 26.3 Å². The maximum Gasteiger partial charge on any atom is 0.298 e. The number of nitrogens with zero attached hydrogens (tertiary/aromatic N) is 5. The number of anilines is 2. The van der Waals surface area contributed by atoms with Gasteiger partial charge in [-0.2, -0.15) is 4.98 Å². The molecular weight excluding hydrogens is 352 g/mol. The van der Waals surface area contributed by atoms with E-state index in [0.29, 0.717) is 18.0 Å². The lowest BCUT2D eigenvalue weighted by Crippen LogP contribution is -2.51. The molecule has 144 valence electrons. The molecule has 0 radical (unpaired) electrons. The third-order valence-electron chi connectivity index (χ3n) is 5.89. The van der Waals surface area contributed by atoms with Crippen LogP contribution in [0.25, 0.3) is 22.1 Å². The molecule has 7 nitrogen and oxygen atoms in total. The van der Waals surface area contributed by atoms with Crippen LogP contribution < -0.4 is 9.80 Å². The number of piperidine rings is 1. The predicted molar refractivity (Wildman–Crippen MR) is 111 cm³/mol. The van der Waals surface area contributed by atoms with Gasteiger partial charge in [0.2, 0.25) is 0 Å². The van der Waals surface area contributed by atoms with Crippen LogP contribution in [-0.4, -0.2) is 46.1 Å². The molecule has 1 N–H and O–H groups in total. The number of oxazole rings is 1. The Bertz CT molecular complexity index is 1130. The van der Waals surface area contributed by atoms with Gasteiger partial charge in [0.15, 0.2) is 5.58 Å². The average Bonchev–Trinajstić information content (AvgIpc) is 3.34. The van der Waals surface area contributed by atoms with Crippen LogP contribution in [-0.2, 0) is 0 Å². The summed E-state index contributed by atoms with van der Waals surface area (Å²) < 4.78 is 6.08. The number of aromatic amines is 1. The molecule has 5 rings (SSSR count). The summed E-state index contributed by atoms with van der Waals surface area (Å²) in [7, 11) is 2.12. The van der Waals surface area contributed by atoms with E-state index in [1.807, 2.05) is 24.4 Å². The molecule has 2 unspecified atom stereocenters. The summed E-state index contributed by atoms with van der Waals surface area (Å²) in [5.74, 6) is 1.50. The van der Waals surface area contributed by atoms with E-state index in [0.717, 1.165) is 47.5 Å². The van der Waals surface area contributed by atoms with Gasteiger partial charge in [0, 0.05) is 26.3 Å². The molecule has 4 aromatic rings. The van der Waals surface area contributed by atoms with Crippen molar-refractivity contribution in [2.24, 2.45) is 5.92 Å². The third-order valence-corrected chi connectivity index (χ3v) is 5.89. The van der Waals surface area contributed by atoms with Gasteiger partial charge in [0.25, 0.3) is 6.01 Å². The minimum atomic E-state index is 0.304. The largest absolute Gasteiger partial charge is 0.423 e. The molecule has 4 heterocycles. The maximum absolute atomic E-state index is 6.08. The quantitative estimate of drug-likeness (QED) is 0.587. The van der Waals surface area contributed by atoms with Crippen LogP contribution in [0, 0.1) is 12.8 Å². The summed E-state index contributed by atoms with van der Waals surface area (Å²) in [6.07, 6.45) is 4.61. The average molecular weight is 376 g/mol. The number of aryl methyl sites for hydroxylation is 1. The zero-order chi connectivity index (χ0) is 19.3. The molecule has 1 aromatic carbocycles. The minimum Gasteiger partial charge on any atom is -0.423 e. The number of aromatic nitrogens is 4. The second kappa shape index (κ2) is 6.51. The SMILES string of the molecule is Cc1ccc2nc(N3CCC(C)C(N(C)c4ncnc5[nH]ccc45)C3)oc2c1. The van der Waals surface area contributed by atoms with Crippen molar-refractivity contribution in [2.75, 3.05) is 29.9 Å². The Balaban J connectivity index is 1.45. The summed E-state index contributed by atoms with van der Waals surface area (Å²) in [5, 5.41) is 1.05. The van der Waals surface area contributed by atoms with Crippen molar-refractivity contribution in [3.05, 3.63) is 42.4 Å². The van der Waals surface area contributed by atoms with Crippen molar-refractivity contribution in [3.8, 4) is 0 Å². The molecular formula is C21H24N6O. The number of rotatable bonds is 3. The van der Waals surface area contributed by atoms with E-state index >= 15 is 0 Å². The van der Waals surface area contributed by atoms with E-state index in [4.69, 9.17) is 9.40 Å². The highest BCUT2D eigenvalue weighted by Crippen LogP contribution is 2.31. The highest BCUT2D eigenvalue weighted by molar-refractivity contribution is 5.87. The van der Waals surface area contributed by atoms with Gasteiger partial charge in [-0.15, -0.1) is 0 Å². The number of hydrogen-bond donors (Lipinski definition) is 1. The molecule has 1 aliphatic rings. The molecule has 1 fully saturated rings. The van der Waals surface area contributed by atoms with E-state index in [1.54, 1.807) is 6.33 Å². The van der Waals surface area contributed by atoms with E-state index in [1.165, 1.54) is 5.56 Å². The third kappa shape index (κ3) is 2.78. The Morgan fingerprint density at radius 3 is 3.04 bits per heavy atom. The second-order valence-corrected chi connectivity index (χ2v) is 7.80. The van der Waals surface area contributed by atoms with Crippen molar-refractivity contribution in [3.63, 3.8) is 0 Å².